The molecule has 0 radical (unpaired) electrons. The molecule has 0 saturated carbocycles. The standard InChI is InChI=1S/C11H20N2O5S/c1-7-6-9(14)13(5-4-12-19(3,17)18)8(2)10(7)11(15)16/h7-8,10,12H,4-6H2,1-3H3,(H,15,16). The second-order valence-corrected chi connectivity index (χ2v) is 6.87. The van der Waals surface area contributed by atoms with Crippen LogP contribution in [0.25, 0.3) is 0 Å². The molecule has 1 heterocycles. The molecule has 2 N–H and O–H groups in total. The van der Waals surface area contributed by atoms with E-state index in [0.29, 0.717) is 0 Å². The highest BCUT2D eigenvalue weighted by Gasteiger charge is 2.41. The van der Waals surface area contributed by atoms with Gasteiger partial charge in [0.2, 0.25) is 15.9 Å². The first kappa shape index (κ1) is 15.9. The quantitative estimate of drug-likeness (QED) is 0.710. The average molecular weight is 292 g/mol. The van der Waals surface area contributed by atoms with Crippen LogP contribution in [0.1, 0.15) is 20.3 Å². The van der Waals surface area contributed by atoms with Crippen LogP contribution >= 0.6 is 0 Å². The van der Waals surface area contributed by atoms with Crippen LogP contribution in [0.15, 0.2) is 0 Å². The van der Waals surface area contributed by atoms with E-state index in [1.807, 2.05) is 0 Å². The Morgan fingerprint density at radius 2 is 2.05 bits per heavy atom. The van der Waals surface area contributed by atoms with Crippen LogP contribution in [0.2, 0.25) is 0 Å². The third kappa shape index (κ3) is 4.17. The van der Waals surface area contributed by atoms with E-state index in [1.54, 1.807) is 13.8 Å². The number of aliphatic carboxylic acids is 1. The summed E-state index contributed by atoms with van der Waals surface area (Å²) in [6, 6.07) is -0.435. The van der Waals surface area contributed by atoms with Gasteiger partial charge in [0.25, 0.3) is 0 Å². The Labute approximate surface area is 113 Å². The van der Waals surface area contributed by atoms with Crippen molar-refractivity contribution in [1.82, 2.24) is 9.62 Å². The van der Waals surface area contributed by atoms with Crippen molar-refractivity contribution >= 4 is 21.9 Å². The number of nitrogens with one attached hydrogen (secondary N) is 1. The van der Waals surface area contributed by atoms with E-state index in [0.717, 1.165) is 6.26 Å². The van der Waals surface area contributed by atoms with Gasteiger partial charge < -0.3 is 10.0 Å². The van der Waals surface area contributed by atoms with Gasteiger partial charge in [-0.25, -0.2) is 13.1 Å². The number of hydrogen-bond donors (Lipinski definition) is 2. The van der Waals surface area contributed by atoms with E-state index in [2.05, 4.69) is 4.72 Å². The number of rotatable bonds is 5. The second-order valence-electron chi connectivity index (χ2n) is 5.04. The third-order valence-corrected chi connectivity index (χ3v) is 4.17. The molecule has 0 aromatic rings. The van der Waals surface area contributed by atoms with E-state index >= 15 is 0 Å². The topological polar surface area (TPSA) is 104 Å². The number of carbonyl (C=O) groups excluding carboxylic acids is 1. The van der Waals surface area contributed by atoms with E-state index in [-0.39, 0.29) is 31.3 Å². The highest BCUT2D eigenvalue weighted by atomic mass is 32.2. The molecule has 19 heavy (non-hydrogen) atoms. The Morgan fingerprint density at radius 1 is 1.47 bits per heavy atom. The van der Waals surface area contributed by atoms with Gasteiger partial charge in [-0.2, -0.15) is 0 Å². The van der Waals surface area contributed by atoms with Crippen LogP contribution < -0.4 is 4.72 Å². The summed E-state index contributed by atoms with van der Waals surface area (Å²) in [4.78, 5) is 24.5. The molecule has 0 aliphatic carbocycles. The van der Waals surface area contributed by atoms with Gasteiger partial charge in [0.15, 0.2) is 0 Å². The molecule has 1 amide bonds. The summed E-state index contributed by atoms with van der Waals surface area (Å²) in [7, 11) is -3.30. The maximum atomic E-state index is 11.9. The first-order valence-corrected chi connectivity index (χ1v) is 7.99. The Hall–Kier alpha value is -1.15. The van der Waals surface area contributed by atoms with Crippen molar-refractivity contribution in [3.63, 3.8) is 0 Å². The van der Waals surface area contributed by atoms with Crippen LogP contribution in [0.5, 0.6) is 0 Å². The van der Waals surface area contributed by atoms with Gasteiger partial charge >= 0.3 is 5.97 Å². The predicted molar refractivity (Wildman–Crippen MR) is 68.9 cm³/mol. The summed E-state index contributed by atoms with van der Waals surface area (Å²) in [6.07, 6.45) is 1.22. The summed E-state index contributed by atoms with van der Waals surface area (Å²) >= 11 is 0. The molecule has 1 saturated heterocycles. The fourth-order valence-corrected chi connectivity index (χ4v) is 3.01. The van der Waals surface area contributed by atoms with Crippen molar-refractivity contribution < 1.29 is 23.1 Å². The summed E-state index contributed by atoms with van der Waals surface area (Å²) in [5.74, 6) is -1.88. The highest BCUT2D eigenvalue weighted by Crippen LogP contribution is 2.29. The van der Waals surface area contributed by atoms with Crippen LogP contribution in [-0.4, -0.2) is 55.7 Å². The van der Waals surface area contributed by atoms with Gasteiger partial charge in [0.05, 0.1) is 12.2 Å². The molecular formula is C11H20N2O5S. The lowest BCUT2D eigenvalue weighted by molar-refractivity contribution is -0.154. The number of carbonyl (C=O) groups is 2. The molecule has 1 rings (SSSR count). The molecule has 110 valence electrons. The van der Waals surface area contributed by atoms with E-state index in [1.165, 1.54) is 4.90 Å². The van der Waals surface area contributed by atoms with Crippen LogP contribution in [0.4, 0.5) is 0 Å². The normalized spacial score (nSPS) is 28.5. The van der Waals surface area contributed by atoms with Crippen molar-refractivity contribution in [2.45, 2.75) is 26.3 Å². The minimum Gasteiger partial charge on any atom is -0.481 e. The van der Waals surface area contributed by atoms with E-state index in [9.17, 15) is 23.1 Å². The number of amides is 1. The number of piperidine rings is 1. The van der Waals surface area contributed by atoms with Gasteiger partial charge in [0, 0.05) is 25.6 Å². The number of hydrogen-bond acceptors (Lipinski definition) is 4. The molecule has 3 unspecified atom stereocenters. The fraction of sp³-hybridized carbons (Fsp3) is 0.818. The molecule has 8 heteroatoms. The highest BCUT2D eigenvalue weighted by molar-refractivity contribution is 7.88. The molecule has 1 fully saturated rings. The van der Waals surface area contributed by atoms with Crippen LogP contribution in [0, 0.1) is 11.8 Å². The maximum absolute atomic E-state index is 11.9. The van der Waals surface area contributed by atoms with Crippen molar-refractivity contribution in [2.24, 2.45) is 11.8 Å². The molecule has 1 aliphatic rings. The molecule has 0 aromatic carbocycles. The van der Waals surface area contributed by atoms with E-state index in [4.69, 9.17) is 0 Å². The van der Waals surface area contributed by atoms with Crippen LogP contribution in [-0.2, 0) is 19.6 Å². The lowest BCUT2D eigenvalue weighted by atomic mass is 9.81. The molecule has 0 spiro atoms. The van der Waals surface area contributed by atoms with Crippen molar-refractivity contribution in [3.05, 3.63) is 0 Å². The Balaban J connectivity index is 2.71. The molecule has 0 bridgehead atoms. The number of sulfonamides is 1. The number of nitrogens with zero attached hydrogens (tertiary/aromatic N) is 1. The Morgan fingerprint density at radius 3 is 2.53 bits per heavy atom. The largest absolute Gasteiger partial charge is 0.481 e. The minimum absolute atomic E-state index is 0.0929. The summed E-state index contributed by atoms with van der Waals surface area (Å²) in [6.45, 7) is 3.71. The third-order valence-electron chi connectivity index (χ3n) is 3.44. The maximum Gasteiger partial charge on any atom is 0.308 e. The number of carboxylic acids is 1. The Kier molecular flexibility index (Phi) is 4.92. The molecular weight excluding hydrogens is 272 g/mol. The summed E-state index contributed by atoms with van der Waals surface area (Å²) < 4.78 is 24.2. The smallest absolute Gasteiger partial charge is 0.308 e. The second kappa shape index (κ2) is 5.87. The molecule has 1 aliphatic heterocycles. The van der Waals surface area contributed by atoms with Gasteiger partial charge in [-0.05, 0) is 12.8 Å². The summed E-state index contributed by atoms with van der Waals surface area (Å²) in [5.41, 5.74) is 0. The van der Waals surface area contributed by atoms with E-state index < -0.39 is 28.0 Å². The predicted octanol–water partition coefficient (Wildman–Crippen LogP) is -0.507. The van der Waals surface area contributed by atoms with Gasteiger partial charge in [-0.1, -0.05) is 6.92 Å². The monoisotopic (exact) mass is 292 g/mol. The molecule has 3 atom stereocenters. The zero-order valence-corrected chi connectivity index (χ0v) is 12.1. The SMILES string of the molecule is CC1CC(=O)N(CCNS(C)(=O)=O)C(C)C1C(=O)O. The number of carboxylic acid groups (broad SMARTS) is 1. The van der Waals surface area contributed by atoms with Gasteiger partial charge in [0.1, 0.15) is 0 Å². The van der Waals surface area contributed by atoms with Crippen molar-refractivity contribution in [3.8, 4) is 0 Å². The lowest BCUT2D eigenvalue weighted by Gasteiger charge is -2.40. The first-order valence-electron chi connectivity index (χ1n) is 6.10. The fourth-order valence-electron chi connectivity index (χ4n) is 2.55. The molecule has 0 aromatic heterocycles. The minimum atomic E-state index is -3.30. The summed E-state index contributed by atoms with van der Waals surface area (Å²) in [5, 5.41) is 9.19. The first-order chi connectivity index (χ1) is 8.63. The molecule has 7 nitrogen and oxygen atoms in total. The van der Waals surface area contributed by atoms with Crippen molar-refractivity contribution in [2.75, 3.05) is 19.3 Å². The van der Waals surface area contributed by atoms with Gasteiger partial charge in [-0.3, -0.25) is 9.59 Å². The zero-order valence-electron chi connectivity index (χ0n) is 11.3. The number of likely N-dealkylation sites (tertiary alicyclic amines) is 1. The van der Waals surface area contributed by atoms with Gasteiger partial charge in [-0.15, -0.1) is 0 Å². The zero-order chi connectivity index (χ0) is 14.8. The Bertz CT molecular complexity index is 462. The lowest BCUT2D eigenvalue weighted by Crippen LogP contribution is -2.54. The van der Waals surface area contributed by atoms with Crippen LogP contribution in [0.3, 0.4) is 0 Å². The van der Waals surface area contributed by atoms with Crippen molar-refractivity contribution in [1.29, 1.82) is 0 Å². The average Bonchev–Trinajstić information content (AvgIpc) is 2.20.